The number of benzene rings is 2. The minimum Gasteiger partial charge on any atom is -0.350 e. The molecule has 0 radical (unpaired) electrons. The number of aryl methyl sites for hydroxylation is 1. The molecule has 1 N–H and O–H groups in total. The van der Waals surface area contributed by atoms with Crippen molar-refractivity contribution in [1.82, 2.24) is 9.97 Å². The molecule has 0 unspecified atom stereocenters. The number of nitrogens with zero attached hydrogens (tertiary/aromatic N) is 3. The average Bonchev–Trinajstić information content (AvgIpc) is 2.67. The Labute approximate surface area is 158 Å². The zero-order chi connectivity index (χ0) is 18.4. The summed E-state index contributed by atoms with van der Waals surface area (Å²) in [6, 6.07) is 20.7. The maximum Gasteiger partial charge on any atom is 0.224 e. The Morgan fingerprint density at radius 1 is 1.08 bits per heavy atom. The molecule has 3 rings (SSSR count). The molecular weight excluding hydrogens is 344 g/mol. The van der Waals surface area contributed by atoms with Gasteiger partial charge in [-0.3, -0.25) is 4.90 Å². The molecule has 2 aromatic carbocycles. The molecule has 0 aliphatic carbocycles. The molecular formula is C21H19ClN4. The normalized spacial score (nSPS) is 9.96. The van der Waals surface area contributed by atoms with Crippen molar-refractivity contribution in [2.24, 2.45) is 0 Å². The maximum absolute atomic E-state index is 5.92. The lowest BCUT2D eigenvalue weighted by Crippen LogP contribution is -2.14. The summed E-state index contributed by atoms with van der Waals surface area (Å²) < 4.78 is 0. The van der Waals surface area contributed by atoms with Crippen molar-refractivity contribution in [2.45, 2.75) is 20.4 Å². The van der Waals surface area contributed by atoms with E-state index < -0.39 is 0 Å². The Hall–Kier alpha value is -3.03. The van der Waals surface area contributed by atoms with Crippen LogP contribution in [-0.4, -0.2) is 9.97 Å². The first kappa shape index (κ1) is 17.8. The second-order valence-electron chi connectivity index (χ2n) is 5.70. The Bertz CT molecular complexity index is 942. The zero-order valence-electron chi connectivity index (χ0n) is 14.7. The largest absolute Gasteiger partial charge is 0.350 e. The maximum atomic E-state index is 5.92. The third-order valence-corrected chi connectivity index (χ3v) is 4.07. The molecule has 5 heteroatoms. The molecule has 0 aliphatic heterocycles. The fourth-order valence-electron chi connectivity index (χ4n) is 2.51. The summed E-state index contributed by atoms with van der Waals surface area (Å²) in [5, 5.41) is 3.97. The standard InChI is InChI=1S/C21H19ClN4/c1-3-14-26(19-7-5-4-6-16(19)2)20-12-13-23-21(25-20)24-15-17-8-10-18(22)11-9-17/h4-13H,15H2,1-2H3,(H,23,24,25). The van der Waals surface area contributed by atoms with Gasteiger partial charge in [0.2, 0.25) is 5.95 Å². The highest BCUT2D eigenvalue weighted by Crippen LogP contribution is 2.26. The van der Waals surface area contributed by atoms with Crippen LogP contribution in [-0.2, 0) is 6.54 Å². The van der Waals surface area contributed by atoms with Gasteiger partial charge in [0.25, 0.3) is 0 Å². The predicted octanol–water partition coefficient (Wildman–Crippen LogP) is 5.17. The van der Waals surface area contributed by atoms with E-state index in [1.165, 1.54) is 0 Å². The van der Waals surface area contributed by atoms with Gasteiger partial charge in [0.05, 0.1) is 5.69 Å². The predicted molar refractivity (Wildman–Crippen MR) is 108 cm³/mol. The Morgan fingerprint density at radius 2 is 1.85 bits per heavy atom. The molecule has 4 nitrogen and oxygen atoms in total. The molecule has 0 saturated heterocycles. The van der Waals surface area contributed by atoms with Crippen molar-refractivity contribution in [3.05, 3.63) is 76.9 Å². The number of anilines is 3. The first-order valence-electron chi connectivity index (χ1n) is 8.27. The molecule has 0 fully saturated rings. The van der Waals surface area contributed by atoms with Gasteiger partial charge in [-0.2, -0.15) is 4.98 Å². The van der Waals surface area contributed by atoms with Crippen molar-refractivity contribution in [3.8, 4) is 12.0 Å². The first-order chi connectivity index (χ1) is 12.7. The fourth-order valence-corrected chi connectivity index (χ4v) is 2.64. The molecule has 0 amide bonds. The smallest absolute Gasteiger partial charge is 0.224 e. The van der Waals surface area contributed by atoms with Crippen LogP contribution in [0.1, 0.15) is 18.1 Å². The van der Waals surface area contributed by atoms with Crippen LogP contribution in [0.5, 0.6) is 0 Å². The Kier molecular flexibility index (Phi) is 5.73. The quantitative estimate of drug-likeness (QED) is 0.502. The van der Waals surface area contributed by atoms with Crippen LogP contribution in [0.15, 0.2) is 60.8 Å². The van der Waals surface area contributed by atoms with E-state index >= 15 is 0 Å². The summed E-state index contributed by atoms with van der Waals surface area (Å²) in [7, 11) is 0. The molecule has 3 aromatic rings. The molecule has 1 aromatic heterocycles. The number of hydrogen-bond acceptors (Lipinski definition) is 4. The average molecular weight is 363 g/mol. The highest BCUT2D eigenvalue weighted by atomic mass is 35.5. The van der Waals surface area contributed by atoms with Gasteiger partial charge in [0, 0.05) is 29.9 Å². The molecule has 0 spiro atoms. The van der Waals surface area contributed by atoms with Crippen LogP contribution in [0.25, 0.3) is 0 Å². The molecule has 1 heterocycles. The number of para-hydroxylation sites is 1. The van der Waals surface area contributed by atoms with E-state index in [1.807, 2.05) is 60.4 Å². The lowest BCUT2D eigenvalue weighted by Gasteiger charge is -2.19. The minimum absolute atomic E-state index is 0.550. The van der Waals surface area contributed by atoms with Gasteiger partial charge < -0.3 is 5.32 Å². The monoisotopic (exact) mass is 362 g/mol. The lowest BCUT2D eigenvalue weighted by atomic mass is 10.2. The van der Waals surface area contributed by atoms with Gasteiger partial charge in [-0.25, -0.2) is 4.98 Å². The van der Waals surface area contributed by atoms with Gasteiger partial charge in [0.15, 0.2) is 0 Å². The second-order valence-corrected chi connectivity index (χ2v) is 6.14. The van der Waals surface area contributed by atoms with E-state index in [2.05, 4.69) is 40.2 Å². The SMILES string of the molecule is CC#CN(c1ccnc(NCc2ccc(Cl)cc2)n1)c1ccccc1C. The highest BCUT2D eigenvalue weighted by molar-refractivity contribution is 6.30. The summed E-state index contributed by atoms with van der Waals surface area (Å²) in [6.07, 6.45) is 1.73. The van der Waals surface area contributed by atoms with Gasteiger partial charge in [-0.1, -0.05) is 47.9 Å². The first-order valence-corrected chi connectivity index (χ1v) is 8.64. The molecule has 0 saturated carbocycles. The third-order valence-electron chi connectivity index (χ3n) is 3.81. The topological polar surface area (TPSA) is 41.1 Å². The summed E-state index contributed by atoms with van der Waals surface area (Å²) in [5.74, 6) is 4.23. The number of nitrogens with one attached hydrogen (secondary N) is 1. The van der Waals surface area contributed by atoms with Crippen molar-refractivity contribution in [2.75, 3.05) is 10.2 Å². The van der Waals surface area contributed by atoms with Crippen LogP contribution in [0, 0.1) is 18.9 Å². The van der Waals surface area contributed by atoms with E-state index in [4.69, 9.17) is 11.6 Å². The fraction of sp³-hybridized carbons (Fsp3) is 0.143. The molecule has 0 atom stereocenters. The number of aromatic nitrogens is 2. The van der Waals surface area contributed by atoms with Crippen LogP contribution in [0.4, 0.5) is 17.5 Å². The van der Waals surface area contributed by atoms with Crippen LogP contribution in [0.2, 0.25) is 5.02 Å². The highest BCUT2D eigenvalue weighted by Gasteiger charge is 2.11. The van der Waals surface area contributed by atoms with Crippen LogP contribution < -0.4 is 10.2 Å². The van der Waals surface area contributed by atoms with Crippen molar-refractivity contribution in [3.63, 3.8) is 0 Å². The van der Waals surface area contributed by atoms with Crippen LogP contribution in [0.3, 0.4) is 0 Å². The third kappa shape index (κ3) is 4.33. The number of hydrogen-bond donors (Lipinski definition) is 1. The van der Waals surface area contributed by atoms with Gasteiger partial charge in [-0.15, -0.1) is 0 Å². The van der Waals surface area contributed by atoms with Gasteiger partial charge in [0.1, 0.15) is 5.82 Å². The lowest BCUT2D eigenvalue weighted by molar-refractivity contribution is 1.04. The Balaban J connectivity index is 1.83. The van der Waals surface area contributed by atoms with Gasteiger partial charge >= 0.3 is 0 Å². The molecule has 0 aliphatic rings. The summed E-state index contributed by atoms with van der Waals surface area (Å²) in [4.78, 5) is 10.8. The second kappa shape index (κ2) is 8.37. The van der Waals surface area contributed by atoms with Crippen molar-refractivity contribution in [1.29, 1.82) is 0 Å². The van der Waals surface area contributed by atoms with E-state index in [0.717, 1.165) is 27.7 Å². The van der Waals surface area contributed by atoms with Crippen molar-refractivity contribution >= 4 is 29.1 Å². The Morgan fingerprint density at radius 3 is 2.58 bits per heavy atom. The van der Waals surface area contributed by atoms with E-state index in [1.54, 1.807) is 6.20 Å². The molecule has 0 bridgehead atoms. The van der Waals surface area contributed by atoms with Crippen molar-refractivity contribution < 1.29 is 0 Å². The summed E-state index contributed by atoms with van der Waals surface area (Å²) in [5.41, 5.74) is 3.24. The summed E-state index contributed by atoms with van der Waals surface area (Å²) in [6.45, 7) is 4.48. The molecule has 26 heavy (non-hydrogen) atoms. The van der Waals surface area contributed by atoms with E-state index in [-0.39, 0.29) is 0 Å². The molecule has 130 valence electrons. The zero-order valence-corrected chi connectivity index (χ0v) is 15.5. The van der Waals surface area contributed by atoms with E-state index in [0.29, 0.717) is 12.5 Å². The van der Waals surface area contributed by atoms with Gasteiger partial charge in [-0.05, 0) is 43.2 Å². The minimum atomic E-state index is 0.550. The number of rotatable bonds is 5. The number of halogens is 1. The van der Waals surface area contributed by atoms with Crippen LogP contribution >= 0.6 is 11.6 Å². The summed E-state index contributed by atoms with van der Waals surface area (Å²) >= 11 is 5.92. The van der Waals surface area contributed by atoms with E-state index in [9.17, 15) is 0 Å².